The molecular formula is C83H115Cl3N16O11Si4. The van der Waals surface area contributed by atoms with Crippen molar-refractivity contribution < 1.29 is 52.6 Å². The molecule has 0 spiro atoms. The molecule has 0 aromatic carbocycles. The zero-order valence-electron chi connectivity index (χ0n) is 71.2. The lowest BCUT2D eigenvalue weighted by Gasteiger charge is -2.15. The van der Waals surface area contributed by atoms with Crippen molar-refractivity contribution in [1.29, 1.82) is 0 Å². The maximum atomic E-state index is 11.8. The molecule has 0 aliphatic heterocycles. The van der Waals surface area contributed by atoms with Crippen molar-refractivity contribution in [2.45, 2.75) is 178 Å². The second kappa shape index (κ2) is 44.0. The number of aromatic amines is 2. The number of halogens is 3. The molecule has 0 aliphatic carbocycles. The lowest BCUT2D eigenvalue weighted by atomic mass is 10.1. The maximum absolute atomic E-state index is 11.8. The van der Waals surface area contributed by atoms with E-state index >= 15 is 0 Å². The smallest absolute Gasteiger partial charge is 0.220 e. The predicted molar refractivity (Wildman–Crippen MR) is 484 cm³/mol. The van der Waals surface area contributed by atoms with Crippen molar-refractivity contribution in [2.24, 2.45) is 0 Å². The maximum Gasteiger partial charge on any atom is 0.220 e. The van der Waals surface area contributed by atoms with Crippen LogP contribution in [-0.2, 0) is 43.9 Å². The van der Waals surface area contributed by atoms with Gasteiger partial charge in [0.2, 0.25) is 11.9 Å². The van der Waals surface area contributed by atoms with Gasteiger partial charge in [-0.05, 0) is 122 Å². The number of carbonyl (C=O) groups is 3. The summed E-state index contributed by atoms with van der Waals surface area (Å²) in [6.07, 6.45) is 18.6. The van der Waals surface area contributed by atoms with Crippen LogP contribution in [0.2, 0.25) is 113 Å². The van der Waals surface area contributed by atoms with Crippen molar-refractivity contribution in [3.8, 4) is 39.8 Å². The number of aliphatic hydroxyl groups is 1. The number of aryl methyl sites for hydroxylation is 2. The number of aromatic nitrogens is 14. The van der Waals surface area contributed by atoms with Gasteiger partial charge in [-0.15, -0.1) is 0 Å². The number of nitrogen functional groups attached to an aromatic ring is 2. The zero-order valence-corrected chi connectivity index (χ0v) is 77.5. The Kier molecular flexibility index (Phi) is 35.7. The van der Waals surface area contributed by atoms with Gasteiger partial charge in [-0.2, -0.15) is 0 Å². The van der Waals surface area contributed by atoms with Crippen LogP contribution >= 0.6 is 34.8 Å². The van der Waals surface area contributed by atoms with Crippen molar-refractivity contribution in [3.05, 3.63) is 149 Å². The summed E-state index contributed by atoms with van der Waals surface area (Å²) >= 11 is 17.5. The van der Waals surface area contributed by atoms with E-state index in [1.807, 2.05) is 85.0 Å². The molecular weight excluding hydrogens is 1620 g/mol. The first-order valence-electron chi connectivity index (χ1n) is 38.8. The Morgan fingerprint density at radius 1 is 0.470 bits per heavy atom. The standard InChI is InChI=1S/C20H29N5O2Si.C19H28N2O4Si.C15H21ClN2O2Si.C14H15N5O.C9H7ClN2O.C6H15ClOSi/c1-6-27-17-7-8-22-19-18(17)15(16-11-14(2)23-20(21)24-16)12-25(19)13-26-9-10-28(3,4)5;1-6-25-17-7-8-20-19-18(17)15(16(23)11-14(2)22)12-21(19)13-24-9-10-26(3,4)5;1-11(19)12-9-18(10-20-7-8-21(2,3)4)15-14(12)13(16)5-6-17-15;1-3-20-11-4-5-16-13-12(11)9(7-17-13)10-6-8(2)18-14(15)19-10;1-5(13)6-4-12-9-8(6)7(10)2-3-11-9;1-9(2,3)5-4-8-6-7/h7-8,11-12H,6,9-10,13H2,1-5H3,(H2,21,23,24);7-8,11-12,23H,6,9-10,13H2,1-5H3;5-6,9H,7-8,10H2,1-4H3;4-7H,3H2,1-2H3,(H,16,17)(H2,15,18,19);2-4H,1H3,(H,11,12);4-6H2,1-3H3. The fourth-order valence-electron chi connectivity index (χ4n) is 11.6. The van der Waals surface area contributed by atoms with Gasteiger partial charge in [-0.1, -0.05) is 113 Å². The van der Waals surface area contributed by atoms with Gasteiger partial charge in [0.05, 0.1) is 57.4 Å². The third kappa shape index (κ3) is 28.8. The highest BCUT2D eigenvalue weighted by Crippen LogP contribution is 2.38. The van der Waals surface area contributed by atoms with Crippen molar-refractivity contribution in [2.75, 3.05) is 63.8 Å². The fraction of sp³-hybridized carbons (Fsp3) is 0.422. The number of nitrogens with one attached hydrogen (secondary N) is 2. The molecule has 0 unspecified atom stereocenters. The topological polar surface area (TPSA) is 350 Å². The Morgan fingerprint density at radius 3 is 1.29 bits per heavy atom. The van der Waals surface area contributed by atoms with Gasteiger partial charge >= 0.3 is 0 Å². The summed E-state index contributed by atoms with van der Waals surface area (Å²) < 4.78 is 45.4. The average molecular weight is 1730 g/mol. The number of alkyl halides is 1. The van der Waals surface area contributed by atoms with E-state index in [9.17, 15) is 19.5 Å². The number of allylic oxidation sites excluding steroid dienone is 1. The van der Waals surface area contributed by atoms with Crippen LogP contribution in [0.1, 0.15) is 79.2 Å². The predicted octanol–water partition coefficient (Wildman–Crippen LogP) is 19.8. The monoisotopic (exact) mass is 1730 g/mol. The Balaban J connectivity index is 0.000000200. The van der Waals surface area contributed by atoms with E-state index in [-0.39, 0.29) is 35.0 Å². The van der Waals surface area contributed by atoms with Crippen LogP contribution in [0.3, 0.4) is 0 Å². The Hall–Kier alpha value is -9.26. The third-order valence-corrected chi connectivity index (χ3v) is 25.1. The van der Waals surface area contributed by atoms with Gasteiger partial charge in [0.15, 0.2) is 17.3 Å². The minimum absolute atomic E-state index is 0.0128. The van der Waals surface area contributed by atoms with Gasteiger partial charge in [0.25, 0.3) is 0 Å². The molecule has 0 radical (unpaired) electrons. The zero-order chi connectivity index (χ0) is 86.1. The highest BCUT2D eigenvalue weighted by molar-refractivity contribution is 6.77. The number of anilines is 2. The third-order valence-electron chi connectivity index (χ3n) is 17.5. The van der Waals surface area contributed by atoms with Crippen LogP contribution in [0.25, 0.3) is 83.4 Å². The lowest BCUT2D eigenvalue weighted by Crippen LogP contribution is -2.22. The molecule has 0 bridgehead atoms. The molecule has 12 aromatic heterocycles. The Bertz CT molecular complexity index is 5290. The lowest BCUT2D eigenvalue weighted by molar-refractivity contribution is -0.112. The van der Waals surface area contributed by atoms with Crippen molar-refractivity contribution in [3.63, 3.8) is 0 Å². The van der Waals surface area contributed by atoms with Gasteiger partial charge in [0.1, 0.15) is 77.5 Å². The van der Waals surface area contributed by atoms with Crippen LogP contribution in [0.4, 0.5) is 11.9 Å². The fourth-order valence-corrected chi connectivity index (χ4v) is 15.3. The summed E-state index contributed by atoms with van der Waals surface area (Å²) in [7, 11) is -4.26. The number of hydrogen-bond donors (Lipinski definition) is 5. The first-order valence-corrected chi connectivity index (χ1v) is 55.0. The molecule has 0 amide bonds. The normalized spacial score (nSPS) is 11.8. The van der Waals surface area contributed by atoms with Crippen LogP contribution in [0.15, 0.2) is 111 Å². The largest absolute Gasteiger partial charge is 0.507 e. The van der Waals surface area contributed by atoms with E-state index in [2.05, 4.69) is 133 Å². The molecule has 0 atom stereocenters. The molecule has 12 rings (SSSR count). The summed E-state index contributed by atoms with van der Waals surface area (Å²) in [5.41, 5.74) is 21.9. The van der Waals surface area contributed by atoms with Crippen LogP contribution < -0.4 is 25.7 Å². The van der Waals surface area contributed by atoms with Crippen molar-refractivity contribution in [1.82, 2.24) is 68.5 Å². The van der Waals surface area contributed by atoms with Crippen molar-refractivity contribution >= 4 is 157 Å². The second-order valence-electron chi connectivity index (χ2n) is 32.4. The number of hydrogen-bond acceptors (Lipinski definition) is 22. The van der Waals surface area contributed by atoms with Gasteiger partial charge in [-0.3, -0.25) is 14.4 Å². The molecule has 0 saturated heterocycles. The number of ether oxygens (including phenoxy) is 7. The highest BCUT2D eigenvalue weighted by atomic mass is 35.5. The molecule has 0 aliphatic rings. The molecule has 0 saturated carbocycles. The number of nitrogens with two attached hydrogens (primary N) is 2. The molecule has 12 heterocycles. The molecule has 117 heavy (non-hydrogen) atoms. The first-order chi connectivity index (χ1) is 55.2. The highest BCUT2D eigenvalue weighted by Gasteiger charge is 2.24. The van der Waals surface area contributed by atoms with E-state index in [0.29, 0.717) is 118 Å². The van der Waals surface area contributed by atoms with Gasteiger partial charge in [-0.25, -0.2) is 44.9 Å². The molecule has 12 aromatic rings. The number of carbonyl (C=O) groups excluding carboxylic acids is 3. The van der Waals surface area contributed by atoms with E-state index in [0.717, 1.165) is 105 Å². The summed E-state index contributed by atoms with van der Waals surface area (Å²) in [6, 6.07) is 17.5. The van der Waals surface area contributed by atoms with Crippen LogP contribution in [-0.4, -0.2) is 176 Å². The summed E-state index contributed by atoms with van der Waals surface area (Å²) in [5, 5.41) is 15.4. The quantitative estimate of drug-likeness (QED) is 0.00673. The van der Waals surface area contributed by atoms with Crippen LogP contribution in [0.5, 0.6) is 17.2 Å². The van der Waals surface area contributed by atoms with Gasteiger partial charge < -0.3 is 73.4 Å². The molecule has 27 nitrogen and oxygen atoms in total. The molecule has 630 valence electrons. The van der Waals surface area contributed by atoms with Gasteiger partial charge in [0, 0.05) is 177 Å². The number of H-pyrrole nitrogens is 2. The average Bonchev–Trinajstić information content (AvgIpc) is 1.63. The van der Waals surface area contributed by atoms with E-state index in [1.165, 1.54) is 32.9 Å². The number of Topliss-reactive ketones (excluding diaryl/α,β-unsaturated/α-hetero) is 2. The number of ketones is 3. The number of aliphatic hydroxyl groups excluding tert-OH is 1. The number of nitrogens with zero attached hydrogens (tertiary/aromatic N) is 12. The number of rotatable bonds is 31. The number of pyridine rings is 5. The van der Waals surface area contributed by atoms with Crippen LogP contribution in [0, 0.1) is 13.8 Å². The Morgan fingerprint density at radius 2 is 0.846 bits per heavy atom. The SMILES string of the molecule is CC(=O)c1c[nH]c2nccc(Cl)c12.CC(=O)c1cn(COCC[Si](C)(C)C)c2nccc(Cl)c12.CCOc1ccnc2[nH]cc(-c3cc(C)nc(N)n3)c12.CCOc1ccnc2c1c(-c1cc(C)nc(N)n1)cn2COCC[Si](C)(C)C.CCOc1ccnc2c1c(C(O)=CC(C)=O)cn2COCC[Si](C)(C)C.C[Si](C)(C)CCOCCl. The molecule has 7 N–H and O–H groups in total. The second-order valence-corrected chi connectivity index (χ2v) is 55.9. The van der Waals surface area contributed by atoms with E-state index in [4.69, 9.17) is 79.4 Å². The Labute approximate surface area is 704 Å². The van der Waals surface area contributed by atoms with E-state index < -0.39 is 32.3 Å². The summed E-state index contributed by atoms with van der Waals surface area (Å²) in [6.45, 7) is 47.7. The first kappa shape index (κ1) is 94.9. The minimum Gasteiger partial charge on any atom is -0.507 e. The van der Waals surface area contributed by atoms with E-state index in [1.54, 1.807) is 67.8 Å². The minimum atomic E-state index is -1.16. The summed E-state index contributed by atoms with van der Waals surface area (Å²) in [4.78, 5) is 79.0. The summed E-state index contributed by atoms with van der Waals surface area (Å²) in [5.74, 6) is 2.34. The molecule has 0 fully saturated rings. The number of fused-ring (bicyclic) bond motifs is 5. The molecule has 34 heteroatoms.